The predicted octanol–water partition coefficient (Wildman–Crippen LogP) is 3.48. The number of carbonyl (C=O) groups is 2. The van der Waals surface area contributed by atoms with Gasteiger partial charge in [-0.15, -0.1) is 0 Å². The van der Waals surface area contributed by atoms with E-state index in [0.717, 1.165) is 41.5 Å². The molecule has 2 heterocycles. The van der Waals surface area contributed by atoms with Gasteiger partial charge >= 0.3 is 5.97 Å². The van der Waals surface area contributed by atoms with Gasteiger partial charge in [-0.05, 0) is 32.4 Å². The third-order valence-electron chi connectivity index (χ3n) is 5.91. The first-order valence-electron chi connectivity index (χ1n) is 10.2. The highest BCUT2D eigenvalue weighted by atomic mass is 16.5. The average molecular weight is 389 g/mol. The summed E-state index contributed by atoms with van der Waals surface area (Å²) in [6.07, 6.45) is 1.83. The van der Waals surface area contributed by atoms with Gasteiger partial charge in [-0.2, -0.15) is 5.10 Å². The Hall–Kier alpha value is -2.99. The molecule has 0 amide bonds. The number of ether oxygens (including phenoxy) is 1. The summed E-state index contributed by atoms with van der Waals surface area (Å²) in [5, 5.41) is 5.83. The van der Waals surface area contributed by atoms with Crippen molar-refractivity contribution in [1.29, 1.82) is 0 Å². The van der Waals surface area contributed by atoms with Crippen LogP contribution < -0.4 is 0 Å². The topological polar surface area (TPSA) is 64.4 Å². The van der Waals surface area contributed by atoms with Crippen LogP contribution in [-0.4, -0.2) is 46.1 Å². The van der Waals surface area contributed by atoms with Crippen molar-refractivity contribution >= 4 is 22.7 Å². The van der Waals surface area contributed by atoms with E-state index in [1.54, 1.807) is 0 Å². The van der Waals surface area contributed by atoms with Crippen LogP contribution >= 0.6 is 0 Å². The predicted molar refractivity (Wildman–Crippen MR) is 110 cm³/mol. The van der Waals surface area contributed by atoms with Gasteiger partial charge in [0.25, 0.3) is 0 Å². The van der Waals surface area contributed by atoms with Gasteiger partial charge in [0.15, 0.2) is 5.78 Å². The minimum Gasteiger partial charge on any atom is -0.466 e. The summed E-state index contributed by atoms with van der Waals surface area (Å²) in [7, 11) is 0. The van der Waals surface area contributed by atoms with Crippen molar-refractivity contribution in [2.75, 3.05) is 19.7 Å². The van der Waals surface area contributed by atoms with E-state index in [1.807, 2.05) is 54.1 Å². The largest absolute Gasteiger partial charge is 0.466 e. The van der Waals surface area contributed by atoms with Crippen LogP contribution in [-0.2, 0) is 16.2 Å². The molecule has 2 aliphatic rings. The van der Waals surface area contributed by atoms with Crippen molar-refractivity contribution in [2.24, 2.45) is 5.92 Å². The molecule has 2 aromatic carbocycles. The molecule has 1 aliphatic heterocycles. The van der Waals surface area contributed by atoms with E-state index in [4.69, 9.17) is 9.84 Å². The van der Waals surface area contributed by atoms with Gasteiger partial charge in [-0.3, -0.25) is 14.5 Å². The number of hydrogen-bond acceptors (Lipinski definition) is 5. The Morgan fingerprint density at radius 3 is 2.76 bits per heavy atom. The van der Waals surface area contributed by atoms with Gasteiger partial charge in [0.2, 0.25) is 0 Å². The summed E-state index contributed by atoms with van der Waals surface area (Å²) >= 11 is 0. The molecule has 1 unspecified atom stereocenters. The Kier molecular flexibility index (Phi) is 4.43. The molecule has 0 radical (unpaired) electrons. The molecule has 1 atom stereocenters. The Labute approximate surface area is 169 Å². The molecule has 148 valence electrons. The molecule has 3 aromatic rings. The van der Waals surface area contributed by atoms with E-state index in [1.165, 1.54) is 0 Å². The van der Waals surface area contributed by atoms with Crippen LogP contribution in [0.25, 0.3) is 22.2 Å². The van der Waals surface area contributed by atoms with Gasteiger partial charge in [0.1, 0.15) is 5.69 Å². The Morgan fingerprint density at radius 2 is 1.93 bits per heavy atom. The van der Waals surface area contributed by atoms with E-state index < -0.39 is 0 Å². The number of esters is 1. The number of nitrogens with zero attached hydrogens (tertiary/aromatic N) is 3. The van der Waals surface area contributed by atoms with Crippen LogP contribution in [0.5, 0.6) is 0 Å². The van der Waals surface area contributed by atoms with E-state index in [2.05, 4.69) is 4.90 Å². The van der Waals surface area contributed by atoms with E-state index in [-0.39, 0.29) is 17.7 Å². The first-order valence-corrected chi connectivity index (χ1v) is 10.2. The number of benzene rings is 2. The fourth-order valence-corrected chi connectivity index (χ4v) is 4.57. The zero-order valence-electron chi connectivity index (χ0n) is 16.4. The molecule has 5 rings (SSSR count). The van der Waals surface area contributed by atoms with Gasteiger partial charge < -0.3 is 4.74 Å². The van der Waals surface area contributed by atoms with Gasteiger partial charge in [0, 0.05) is 28.6 Å². The second-order valence-corrected chi connectivity index (χ2v) is 7.73. The summed E-state index contributed by atoms with van der Waals surface area (Å²) in [5.74, 6) is -0.139. The first kappa shape index (κ1) is 18.1. The van der Waals surface area contributed by atoms with Crippen molar-refractivity contribution in [1.82, 2.24) is 14.7 Å². The first-order chi connectivity index (χ1) is 14.2. The molecule has 0 saturated carbocycles. The second kappa shape index (κ2) is 7.12. The SMILES string of the molecule is CCOC(=O)C1CCCN(Cn2nc3c4c(cccc42)C(=O)c2ccccc2-3)C1. The smallest absolute Gasteiger partial charge is 0.310 e. The molecular weight excluding hydrogens is 366 g/mol. The monoisotopic (exact) mass is 389 g/mol. The van der Waals surface area contributed by atoms with Gasteiger partial charge in [0.05, 0.1) is 24.7 Å². The van der Waals surface area contributed by atoms with Crippen LogP contribution in [0, 0.1) is 5.92 Å². The highest BCUT2D eigenvalue weighted by Crippen LogP contribution is 2.38. The third kappa shape index (κ3) is 2.95. The standard InChI is InChI=1S/C23H23N3O3/c1-2-29-23(28)15-7-6-12-25(13-15)14-26-19-11-5-10-18-20(19)21(24-26)16-8-3-4-9-17(16)22(18)27/h3-5,8-11,15H,2,6-7,12-14H2,1H3. The maximum Gasteiger partial charge on any atom is 0.310 e. The molecule has 1 saturated heterocycles. The van der Waals surface area contributed by atoms with Gasteiger partial charge in [-0.25, -0.2) is 4.68 Å². The Morgan fingerprint density at radius 1 is 1.14 bits per heavy atom. The number of rotatable bonds is 4. The summed E-state index contributed by atoms with van der Waals surface area (Å²) in [6.45, 7) is 4.44. The van der Waals surface area contributed by atoms with Crippen LogP contribution in [0.2, 0.25) is 0 Å². The molecule has 1 aliphatic carbocycles. The van der Waals surface area contributed by atoms with Crippen molar-refractivity contribution in [2.45, 2.75) is 26.4 Å². The number of hydrogen-bond donors (Lipinski definition) is 0. The fraction of sp³-hybridized carbons (Fsp3) is 0.348. The number of likely N-dealkylation sites (tertiary alicyclic amines) is 1. The maximum atomic E-state index is 13.0. The minimum absolute atomic E-state index is 0.0543. The molecule has 1 fully saturated rings. The van der Waals surface area contributed by atoms with E-state index >= 15 is 0 Å². The van der Waals surface area contributed by atoms with E-state index in [9.17, 15) is 9.59 Å². The molecule has 0 spiro atoms. The van der Waals surface area contributed by atoms with Crippen LogP contribution in [0.4, 0.5) is 0 Å². The van der Waals surface area contributed by atoms with E-state index in [0.29, 0.717) is 30.9 Å². The average Bonchev–Trinajstić information content (AvgIpc) is 3.12. The van der Waals surface area contributed by atoms with Crippen LogP contribution in [0.15, 0.2) is 42.5 Å². The number of ketones is 1. The number of piperidine rings is 1. The molecule has 0 N–H and O–H groups in total. The molecular formula is C23H23N3O3. The number of aromatic nitrogens is 2. The lowest BCUT2D eigenvalue weighted by molar-refractivity contribution is -0.150. The molecule has 0 bridgehead atoms. The second-order valence-electron chi connectivity index (χ2n) is 7.73. The minimum atomic E-state index is -0.108. The summed E-state index contributed by atoms with van der Waals surface area (Å²) < 4.78 is 7.19. The molecule has 6 heteroatoms. The molecule has 6 nitrogen and oxygen atoms in total. The van der Waals surface area contributed by atoms with Crippen molar-refractivity contribution in [3.63, 3.8) is 0 Å². The van der Waals surface area contributed by atoms with Crippen molar-refractivity contribution < 1.29 is 14.3 Å². The quantitative estimate of drug-likeness (QED) is 0.500. The summed E-state index contributed by atoms with van der Waals surface area (Å²) in [4.78, 5) is 27.4. The normalized spacial score (nSPS) is 18.7. The summed E-state index contributed by atoms with van der Waals surface area (Å²) in [6, 6.07) is 13.5. The van der Waals surface area contributed by atoms with Crippen LogP contribution in [0.1, 0.15) is 35.7 Å². The maximum absolute atomic E-state index is 13.0. The lowest BCUT2D eigenvalue weighted by Gasteiger charge is -2.31. The Bertz CT molecular complexity index is 1120. The highest BCUT2D eigenvalue weighted by Gasteiger charge is 2.30. The highest BCUT2D eigenvalue weighted by molar-refractivity contribution is 6.25. The van der Waals surface area contributed by atoms with Crippen molar-refractivity contribution in [3.05, 3.63) is 53.6 Å². The zero-order chi connectivity index (χ0) is 20.0. The summed E-state index contributed by atoms with van der Waals surface area (Å²) in [5.41, 5.74) is 4.13. The van der Waals surface area contributed by atoms with Crippen molar-refractivity contribution in [3.8, 4) is 11.3 Å². The number of fused-ring (bicyclic) bond motifs is 2. The lowest BCUT2D eigenvalue weighted by atomic mass is 9.87. The Balaban J connectivity index is 1.51. The lowest BCUT2D eigenvalue weighted by Crippen LogP contribution is -2.40. The van der Waals surface area contributed by atoms with Crippen LogP contribution in [0.3, 0.4) is 0 Å². The molecule has 29 heavy (non-hydrogen) atoms. The fourth-order valence-electron chi connectivity index (χ4n) is 4.57. The molecule has 1 aromatic heterocycles. The zero-order valence-corrected chi connectivity index (χ0v) is 16.4. The number of carbonyl (C=O) groups excluding carboxylic acids is 2. The van der Waals surface area contributed by atoms with Gasteiger partial charge in [-0.1, -0.05) is 36.4 Å². The third-order valence-corrected chi connectivity index (χ3v) is 5.91.